The van der Waals surface area contributed by atoms with Crippen LogP contribution >= 0.6 is 0 Å². The van der Waals surface area contributed by atoms with Crippen LogP contribution in [-0.4, -0.2) is 12.6 Å². The number of hydrogen-bond donors (Lipinski definition) is 1. The standard InChI is InChI=1S/C19H23NO2/c1-2-3-4-10-15-22-19(21)17-13-8-9-14-18(17)20-16-11-6-5-7-12-16/h5-9,11-14,20H,2-4,10,15H2,1H3. The molecule has 1 N–H and O–H groups in total. The van der Waals surface area contributed by atoms with Crippen molar-refractivity contribution in [2.45, 2.75) is 32.6 Å². The van der Waals surface area contributed by atoms with Gasteiger partial charge in [0, 0.05) is 5.69 Å². The number of ether oxygens (including phenoxy) is 1. The largest absolute Gasteiger partial charge is 0.462 e. The van der Waals surface area contributed by atoms with E-state index in [1.807, 2.05) is 48.5 Å². The van der Waals surface area contributed by atoms with Gasteiger partial charge in [-0.2, -0.15) is 0 Å². The van der Waals surface area contributed by atoms with Crippen LogP contribution in [-0.2, 0) is 4.74 Å². The quantitative estimate of drug-likeness (QED) is 0.540. The second-order valence-electron chi connectivity index (χ2n) is 5.23. The summed E-state index contributed by atoms with van der Waals surface area (Å²) in [7, 11) is 0. The maximum absolute atomic E-state index is 12.2. The number of nitrogens with one attached hydrogen (secondary N) is 1. The van der Waals surface area contributed by atoms with E-state index in [9.17, 15) is 4.79 Å². The molecule has 0 atom stereocenters. The van der Waals surface area contributed by atoms with Crippen molar-refractivity contribution in [2.75, 3.05) is 11.9 Å². The maximum Gasteiger partial charge on any atom is 0.340 e. The Labute approximate surface area is 132 Å². The topological polar surface area (TPSA) is 38.3 Å². The predicted octanol–water partition coefficient (Wildman–Crippen LogP) is 5.17. The normalized spacial score (nSPS) is 10.2. The van der Waals surface area contributed by atoms with Crippen LogP contribution in [0.2, 0.25) is 0 Å². The molecule has 0 unspecified atom stereocenters. The van der Waals surface area contributed by atoms with E-state index in [0.29, 0.717) is 12.2 Å². The van der Waals surface area contributed by atoms with Gasteiger partial charge in [-0.25, -0.2) is 4.79 Å². The fourth-order valence-corrected chi connectivity index (χ4v) is 2.22. The molecule has 0 aromatic heterocycles. The number of benzene rings is 2. The highest BCUT2D eigenvalue weighted by molar-refractivity contribution is 5.96. The first-order valence-corrected chi connectivity index (χ1v) is 7.89. The molecule has 3 nitrogen and oxygen atoms in total. The lowest BCUT2D eigenvalue weighted by atomic mass is 10.1. The van der Waals surface area contributed by atoms with Crippen molar-refractivity contribution in [3.8, 4) is 0 Å². The second kappa shape index (κ2) is 8.88. The highest BCUT2D eigenvalue weighted by atomic mass is 16.5. The van der Waals surface area contributed by atoms with Crippen molar-refractivity contribution in [1.82, 2.24) is 0 Å². The summed E-state index contributed by atoms with van der Waals surface area (Å²) in [6.45, 7) is 2.65. The molecular formula is C19H23NO2. The van der Waals surface area contributed by atoms with E-state index in [2.05, 4.69) is 12.2 Å². The number of carbonyl (C=O) groups is 1. The van der Waals surface area contributed by atoms with E-state index in [0.717, 1.165) is 24.2 Å². The number of esters is 1. The molecule has 3 heteroatoms. The fraction of sp³-hybridized carbons (Fsp3) is 0.316. The summed E-state index contributed by atoms with van der Waals surface area (Å²) in [5.41, 5.74) is 2.29. The summed E-state index contributed by atoms with van der Waals surface area (Å²) in [6, 6.07) is 17.2. The Balaban J connectivity index is 1.97. The molecule has 0 amide bonds. The highest BCUT2D eigenvalue weighted by Crippen LogP contribution is 2.21. The molecular weight excluding hydrogens is 274 g/mol. The number of hydrogen-bond acceptors (Lipinski definition) is 3. The first-order chi connectivity index (χ1) is 10.8. The van der Waals surface area contributed by atoms with Gasteiger partial charge in [0.15, 0.2) is 0 Å². The van der Waals surface area contributed by atoms with Crippen LogP contribution in [0, 0.1) is 0 Å². The third-order valence-electron chi connectivity index (χ3n) is 3.43. The first-order valence-electron chi connectivity index (χ1n) is 7.89. The van der Waals surface area contributed by atoms with Crippen molar-refractivity contribution < 1.29 is 9.53 Å². The van der Waals surface area contributed by atoms with Gasteiger partial charge in [-0.05, 0) is 30.7 Å². The van der Waals surface area contributed by atoms with Gasteiger partial charge in [0.2, 0.25) is 0 Å². The third kappa shape index (κ3) is 4.92. The Morgan fingerprint density at radius 2 is 1.68 bits per heavy atom. The van der Waals surface area contributed by atoms with Crippen molar-refractivity contribution in [2.24, 2.45) is 0 Å². The summed E-state index contributed by atoms with van der Waals surface area (Å²) in [6.07, 6.45) is 4.39. The van der Waals surface area contributed by atoms with Gasteiger partial charge in [0.25, 0.3) is 0 Å². The molecule has 0 heterocycles. The molecule has 0 aliphatic rings. The summed E-state index contributed by atoms with van der Waals surface area (Å²) < 4.78 is 5.37. The highest BCUT2D eigenvalue weighted by Gasteiger charge is 2.12. The zero-order valence-electron chi connectivity index (χ0n) is 13.0. The molecule has 2 aromatic rings. The number of rotatable bonds is 8. The Morgan fingerprint density at radius 3 is 2.45 bits per heavy atom. The van der Waals surface area contributed by atoms with E-state index in [1.54, 1.807) is 6.07 Å². The average molecular weight is 297 g/mol. The van der Waals surface area contributed by atoms with Crippen LogP contribution in [0.1, 0.15) is 43.0 Å². The summed E-state index contributed by atoms with van der Waals surface area (Å²) in [4.78, 5) is 12.2. The van der Waals surface area contributed by atoms with Gasteiger partial charge < -0.3 is 10.1 Å². The first kappa shape index (κ1) is 16.1. The van der Waals surface area contributed by atoms with Crippen LogP contribution in [0.4, 0.5) is 11.4 Å². The van der Waals surface area contributed by atoms with Crippen LogP contribution < -0.4 is 5.32 Å². The zero-order valence-corrected chi connectivity index (χ0v) is 13.0. The molecule has 0 aliphatic carbocycles. The Kier molecular flexibility index (Phi) is 6.49. The van der Waals surface area contributed by atoms with Crippen molar-refractivity contribution >= 4 is 17.3 Å². The van der Waals surface area contributed by atoms with Crippen molar-refractivity contribution in [3.63, 3.8) is 0 Å². The molecule has 0 saturated carbocycles. The smallest absolute Gasteiger partial charge is 0.340 e. The molecule has 0 radical (unpaired) electrons. The molecule has 0 saturated heterocycles. The molecule has 0 fully saturated rings. The van der Waals surface area contributed by atoms with Crippen LogP contribution in [0.15, 0.2) is 54.6 Å². The molecule has 22 heavy (non-hydrogen) atoms. The third-order valence-corrected chi connectivity index (χ3v) is 3.43. The van der Waals surface area contributed by atoms with Gasteiger partial charge >= 0.3 is 5.97 Å². The van der Waals surface area contributed by atoms with E-state index in [4.69, 9.17) is 4.74 Å². The molecule has 0 spiro atoms. The number of carbonyl (C=O) groups excluding carboxylic acids is 1. The number of para-hydroxylation sites is 2. The number of unbranched alkanes of at least 4 members (excludes halogenated alkanes) is 3. The molecule has 2 aromatic carbocycles. The van der Waals surface area contributed by atoms with E-state index in [1.165, 1.54) is 12.8 Å². The van der Waals surface area contributed by atoms with Gasteiger partial charge in [-0.1, -0.05) is 56.5 Å². The minimum Gasteiger partial charge on any atom is -0.462 e. The second-order valence-corrected chi connectivity index (χ2v) is 5.23. The predicted molar refractivity (Wildman–Crippen MR) is 90.6 cm³/mol. The summed E-state index contributed by atoms with van der Waals surface area (Å²) in [5.74, 6) is -0.268. The summed E-state index contributed by atoms with van der Waals surface area (Å²) >= 11 is 0. The zero-order chi connectivity index (χ0) is 15.6. The maximum atomic E-state index is 12.2. The van der Waals surface area contributed by atoms with Gasteiger partial charge in [0.1, 0.15) is 0 Å². The monoisotopic (exact) mass is 297 g/mol. The van der Waals surface area contributed by atoms with Crippen LogP contribution in [0.3, 0.4) is 0 Å². The number of anilines is 2. The fourth-order valence-electron chi connectivity index (χ4n) is 2.22. The Bertz CT molecular complexity index is 581. The minimum absolute atomic E-state index is 0.268. The van der Waals surface area contributed by atoms with E-state index >= 15 is 0 Å². The SMILES string of the molecule is CCCCCCOC(=O)c1ccccc1Nc1ccccc1. The Morgan fingerprint density at radius 1 is 0.955 bits per heavy atom. The van der Waals surface area contributed by atoms with Crippen LogP contribution in [0.5, 0.6) is 0 Å². The molecule has 0 aliphatic heterocycles. The average Bonchev–Trinajstić information content (AvgIpc) is 2.56. The molecule has 2 rings (SSSR count). The van der Waals surface area contributed by atoms with Gasteiger partial charge in [0.05, 0.1) is 17.9 Å². The lowest BCUT2D eigenvalue weighted by molar-refractivity contribution is 0.0499. The van der Waals surface area contributed by atoms with Gasteiger partial charge in [-0.15, -0.1) is 0 Å². The minimum atomic E-state index is -0.268. The lowest BCUT2D eigenvalue weighted by Crippen LogP contribution is -2.09. The Hall–Kier alpha value is -2.29. The van der Waals surface area contributed by atoms with Crippen molar-refractivity contribution in [3.05, 3.63) is 60.2 Å². The van der Waals surface area contributed by atoms with E-state index < -0.39 is 0 Å². The van der Waals surface area contributed by atoms with Crippen molar-refractivity contribution in [1.29, 1.82) is 0 Å². The lowest BCUT2D eigenvalue weighted by Gasteiger charge is -2.11. The summed E-state index contributed by atoms with van der Waals surface area (Å²) in [5, 5.41) is 3.26. The molecule has 0 bridgehead atoms. The van der Waals surface area contributed by atoms with Crippen LogP contribution in [0.25, 0.3) is 0 Å². The molecule has 116 valence electrons. The van der Waals surface area contributed by atoms with Gasteiger partial charge in [-0.3, -0.25) is 0 Å². The van der Waals surface area contributed by atoms with E-state index in [-0.39, 0.29) is 5.97 Å².